The number of nitrogens with two attached hydrogens (primary N) is 2. The number of hydrazine groups is 1. The van der Waals surface area contributed by atoms with Crippen molar-refractivity contribution in [1.29, 1.82) is 0 Å². The number of nitrogen functional groups attached to an aromatic ring is 1. The standard InChI is InChI=1S/C11H13ClN4S/c1-6-4-17-5-9(6)10(16-14)8-2-7(12)3-15-11(8)13/h2-5,10,16H,14H2,1H3,(H2,13,15). The lowest BCUT2D eigenvalue weighted by atomic mass is 10.00. The van der Waals surface area contributed by atoms with Gasteiger partial charge in [-0.05, 0) is 34.9 Å². The number of anilines is 1. The van der Waals surface area contributed by atoms with E-state index < -0.39 is 0 Å². The van der Waals surface area contributed by atoms with Crippen molar-refractivity contribution in [2.75, 3.05) is 5.73 Å². The first-order valence-corrected chi connectivity index (χ1v) is 6.35. The minimum atomic E-state index is -0.188. The highest BCUT2D eigenvalue weighted by Crippen LogP contribution is 2.30. The first kappa shape index (κ1) is 12.3. The number of hydrogen-bond acceptors (Lipinski definition) is 5. The summed E-state index contributed by atoms with van der Waals surface area (Å²) < 4.78 is 0. The summed E-state index contributed by atoms with van der Waals surface area (Å²) in [6.07, 6.45) is 1.52. The van der Waals surface area contributed by atoms with E-state index in [2.05, 4.69) is 15.8 Å². The molecule has 2 aromatic rings. The number of halogens is 1. The van der Waals surface area contributed by atoms with E-state index in [0.29, 0.717) is 10.8 Å². The van der Waals surface area contributed by atoms with Crippen molar-refractivity contribution in [3.8, 4) is 0 Å². The maximum absolute atomic E-state index is 5.94. The highest BCUT2D eigenvalue weighted by atomic mass is 35.5. The number of thiophene rings is 1. The predicted octanol–water partition coefficient (Wildman–Crippen LogP) is 2.24. The number of pyridine rings is 1. The lowest BCUT2D eigenvalue weighted by molar-refractivity contribution is 0.636. The lowest BCUT2D eigenvalue weighted by Gasteiger charge is -2.18. The van der Waals surface area contributed by atoms with Gasteiger partial charge < -0.3 is 5.73 Å². The van der Waals surface area contributed by atoms with Gasteiger partial charge in [-0.3, -0.25) is 5.84 Å². The van der Waals surface area contributed by atoms with E-state index in [4.69, 9.17) is 23.2 Å². The fourth-order valence-corrected chi connectivity index (χ4v) is 2.75. The Balaban J connectivity index is 2.49. The number of nitrogens with one attached hydrogen (secondary N) is 1. The Labute approximate surface area is 109 Å². The third-order valence-electron chi connectivity index (χ3n) is 2.60. The number of nitrogens with zero attached hydrogens (tertiary/aromatic N) is 1. The van der Waals surface area contributed by atoms with Crippen LogP contribution < -0.4 is 17.0 Å². The number of aromatic nitrogens is 1. The van der Waals surface area contributed by atoms with Gasteiger partial charge in [0.25, 0.3) is 0 Å². The summed E-state index contributed by atoms with van der Waals surface area (Å²) >= 11 is 7.56. The lowest BCUT2D eigenvalue weighted by Crippen LogP contribution is -2.29. The van der Waals surface area contributed by atoms with Gasteiger partial charge in [-0.2, -0.15) is 11.3 Å². The first-order valence-electron chi connectivity index (χ1n) is 5.03. The van der Waals surface area contributed by atoms with Crippen molar-refractivity contribution in [3.63, 3.8) is 0 Å². The quantitative estimate of drug-likeness (QED) is 0.589. The third-order valence-corrected chi connectivity index (χ3v) is 3.69. The van der Waals surface area contributed by atoms with Crippen LogP contribution in [-0.2, 0) is 0 Å². The Kier molecular flexibility index (Phi) is 3.63. The summed E-state index contributed by atoms with van der Waals surface area (Å²) in [5, 5.41) is 4.65. The van der Waals surface area contributed by atoms with Crippen LogP contribution >= 0.6 is 22.9 Å². The molecule has 6 heteroatoms. The van der Waals surface area contributed by atoms with Gasteiger partial charge >= 0.3 is 0 Å². The molecule has 0 radical (unpaired) electrons. The van der Waals surface area contributed by atoms with Crippen molar-refractivity contribution in [2.45, 2.75) is 13.0 Å². The van der Waals surface area contributed by atoms with Crippen molar-refractivity contribution in [2.24, 2.45) is 5.84 Å². The van der Waals surface area contributed by atoms with Crippen LogP contribution in [0.15, 0.2) is 23.0 Å². The third kappa shape index (κ3) is 2.42. The van der Waals surface area contributed by atoms with Crippen LogP contribution in [-0.4, -0.2) is 4.98 Å². The Morgan fingerprint density at radius 2 is 2.18 bits per heavy atom. The van der Waals surface area contributed by atoms with Crippen LogP contribution in [0.25, 0.3) is 0 Å². The van der Waals surface area contributed by atoms with Gasteiger partial charge in [-0.1, -0.05) is 11.6 Å². The SMILES string of the molecule is Cc1cscc1C(NN)c1cc(Cl)cnc1N. The van der Waals surface area contributed by atoms with Crippen molar-refractivity contribution < 1.29 is 0 Å². The van der Waals surface area contributed by atoms with Crippen LogP contribution in [0.3, 0.4) is 0 Å². The molecule has 2 heterocycles. The minimum absolute atomic E-state index is 0.188. The Morgan fingerprint density at radius 1 is 1.41 bits per heavy atom. The zero-order valence-corrected chi connectivity index (χ0v) is 10.8. The Bertz CT molecular complexity index is 526. The van der Waals surface area contributed by atoms with Gasteiger partial charge in [-0.25, -0.2) is 10.4 Å². The number of aryl methyl sites for hydroxylation is 1. The molecule has 0 fully saturated rings. The van der Waals surface area contributed by atoms with Gasteiger partial charge in [-0.15, -0.1) is 0 Å². The molecule has 0 saturated carbocycles. The van der Waals surface area contributed by atoms with Gasteiger partial charge in [0.15, 0.2) is 0 Å². The average molecular weight is 269 g/mol. The van der Waals surface area contributed by atoms with E-state index >= 15 is 0 Å². The normalized spacial score (nSPS) is 12.6. The van der Waals surface area contributed by atoms with Crippen LogP contribution in [0, 0.1) is 6.92 Å². The molecule has 4 nitrogen and oxygen atoms in total. The zero-order valence-electron chi connectivity index (χ0n) is 9.27. The molecule has 0 aromatic carbocycles. The maximum atomic E-state index is 5.94. The molecule has 0 aliphatic rings. The van der Waals surface area contributed by atoms with Crippen molar-refractivity contribution in [1.82, 2.24) is 10.4 Å². The molecule has 0 bridgehead atoms. The molecule has 0 saturated heterocycles. The van der Waals surface area contributed by atoms with E-state index in [-0.39, 0.29) is 6.04 Å². The monoisotopic (exact) mass is 268 g/mol. The highest BCUT2D eigenvalue weighted by Gasteiger charge is 2.18. The smallest absolute Gasteiger partial charge is 0.128 e. The van der Waals surface area contributed by atoms with Gasteiger partial charge in [0.2, 0.25) is 0 Å². The molecular weight excluding hydrogens is 256 g/mol. The van der Waals surface area contributed by atoms with E-state index in [1.807, 2.05) is 12.3 Å². The molecule has 0 aliphatic heterocycles. The number of hydrogen-bond donors (Lipinski definition) is 3. The Morgan fingerprint density at radius 3 is 2.76 bits per heavy atom. The fraction of sp³-hybridized carbons (Fsp3) is 0.182. The molecule has 5 N–H and O–H groups in total. The average Bonchev–Trinajstić information content (AvgIpc) is 2.71. The molecule has 1 unspecified atom stereocenters. The largest absolute Gasteiger partial charge is 0.383 e. The van der Waals surface area contributed by atoms with E-state index in [1.54, 1.807) is 17.4 Å². The first-order chi connectivity index (χ1) is 8.13. The fourth-order valence-electron chi connectivity index (χ4n) is 1.71. The molecule has 2 rings (SSSR count). The molecule has 1 atom stereocenters. The molecule has 2 aromatic heterocycles. The Hall–Kier alpha value is -1.14. The van der Waals surface area contributed by atoms with Crippen molar-refractivity contribution in [3.05, 3.63) is 44.7 Å². The molecular formula is C11H13ClN4S. The number of rotatable bonds is 3. The maximum Gasteiger partial charge on any atom is 0.128 e. The summed E-state index contributed by atoms with van der Waals surface area (Å²) in [7, 11) is 0. The summed E-state index contributed by atoms with van der Waals surface area (Å²) in [5.41, 5.74) is 11.7. The molecule has 0 aliphatic carbocycles. The zero-order chi connectivity index (χ0) is 12.4. The van der Waals surface area contributed by atoms with E-state index in [1.165, 1.54) is 6.20 Å². The summed E-state index contributed by atoms with van der Waals surface area (Å²) in [5.74, 6) is 6.05. The minimum Gasteiger partial charge on any atom is -0.383 e. The van der Waals surface area contributed by atoms with E-state index in [9.17, 15) is 0 Å². The molecule has 17 heavy (non-hydrogen) atoms. The van der Waals surface area contributed by atoms with Crippen LogP contribution in [0.1, 0.15) is 22.7 Å². The van der Waals surface area contributed by atoms with Crippen molar-refractivity contribution >= 4 is 28.8 Å². The molecule has 90 valence electrons. The second kappa shape index (κ2) is 5.01. The topological polar surface area (TPSA) is 77.0 Å². The highest BCUT2D eigenvalue weighted by molar-refractivity contribution is 7.08. The second-order valence-corrected chi connectivity index (χ2v) is 4.92. The summed E-state index contributed by atoms with van der Waals surface area (Å²) in [6, 6.07) is 1.60. The molecule has 0 spiro atoms. The van der Waals surface area contributed by atoms with Crippen LogP contribution in [0.5, 0.6) is 0 Å². The van der Waals surface area contributed by atoms with Gasteiger partial charge in [0, 0.05) is 11.8 Å². The predicted molar refractivity (Wildman–Crippen MR) is 71.9 cm³/mol. The van der Waals surface area contributed by atoms with Crippen LogP contribution in [0.2, 0.25) is 5.02 Å². The van der Waals surface area contributed by atoms with Gasteiger partial charge in [0.1, 0.15) is 5.82 Å². The molecule has 0 amide bonds. The second-order valence-electron chi connectivity index (χ2n) is 3.74. The van der Waals surface area contributed by atoms with Crippen LogP contribution in [0.4, 0.5) is 5.82 Å². The van der Waals surface area contributed by atoms with E-state index in [0.717, 1.165) is 16.7 Å². The van der Waals surface area contributed by atoms with Gasteiger partial charge in [0.05, 0.1) is 11.1 Å². The summed E-state index contributed by atoms with van der Waals surface area (Å²) in [6.45, 7) is 2.03. The summed E-state index contributed by atoms with van der Waals surface area (Å²) in [4.78, 5) is 4.04.